The van der Waals surface area contributed by atoms with Crippen molar-refractivity contribution >= 4 is 29.4 Å². The van der Waals surface area contributed by atoms with Crippen molar-refractivity contribution in [2.45, 2.75) is 20.8 Å². The van der Waals surface area contributed by atoms with Crippen molar-refractivity contribution in [3.8, 4) is 12.1 Å². The Hall–Kier alpha value is -2.78. The van der Waals surface area contributed by atoms with E-state index in [9.17, 15) is 14.9 Å². The molecule has 2 heterocycles. The fourth-order valence-electron chi connectivity index (χ4n) is 2.28. The first-order chi connectivity index (χ1) is 11.3. The Morgan fingerprint density at radius 2 is 2.25 bits per heavy atom. The average molecular weight is 345 g/mol. The van der Waals surface area contributed by atoms with Gasteiger partial charge in [-0.05, 0) is 6.92 Å². The second kappa shape index (κ2) is 6.77. The number of carbonyl (C=O) groups is 2. The van der Waals surface area contributed by atoms with E-state index in [4.69, 9.17) is 9.78 Å². The van der Waals surface area contributed by atoms with Gasteiger partial charge < -0.3 is 15.2 Å². The van der Waals surface area contributed by atoms with Gasteiger partial charge in [-0.3, -0.25) is 9.59 Å². The summed E-state index contributed by atoms with van der Waals surface area (Å²) in [4.78, 5) is 24.0. The second-order valence-corrected chi connectivity index (χ2v) is 6.73. The van der Waals surface area contributed by atoms with Gasteiger partial charge >= 0.3 is 0 Å². The number of nitrogens with one attached hydrogen (secondary N) is 2. The van der Waals surface area contributed by atoms with Gasteiger partial charge in [0.1, 0.15) is 11.7 Å². The maximum Gasteiger partial charge on any atom is 0.243 e. The number of amides is 2. The average Bonchev–Trinajstić information content (AvgIpc) is 2.89. The van der Waals surface area contributed by atoms with Crippen LogP contribution >= 0.6 is 11.8 Å². The van der Waals surface area contributed by atoms with E-state index in [0.29, 0.717) is 16.6 Å². The molecule has 1 aromatic heterocycles. The number of aromatic nitrogens is 1. The van der Waals surface area contributed by atoms with E-state index in [1.165, 1.54) is 0 Å². The molecule has 2 rings (SSSR count). The lowest BCUT2D eigenvalue weighted by atomic mass is 9.72. The minimum atomic E-state index is -0.955. The minimum Gasteiger partial charge on any atom is -0.360 e. The summed E-state index contributed by atoms with van der Waals surface area (Å²) in [6.45, 7) is 5.03. The number of aryl methyl sites for hydroxylation is 1. The van der Waals surface area contributed by atoms with Crippen molar-refractivity contribution in [1.82, 2.24) is 10.5 Å². The lowest BCUT2D eigenvalue weighted by Crippen LogP contribution is -2.44. The van der Waals surface area contributed by atoms with E-state index >= 15 is 0 Å². The van der Waals surface area contributed by atoms with E-state index in [-0.39, 0.29) is 17.2 Å². The van der Waals surface area contributed by atoms with Crippen molar-refractivity contribution < 1.29 is 14.1 Å². The van der Waals surface area contributed by atoms with Crippen LogP contribution in [0.15, 0.2) is 21.2 Å². The topological polar surface area (TPSA) is 132 Å². The fraction of sp³-hybridized carbons (Fsp3) is 0.400. The van der Waals surface area contributed by atoms with Crippen LogP contribution in [0.25, 0.3) is 0 Å². The molecule has 2 N–H and O–H groups in total. The third-order valence-corrected chi connectivity index (χ3v) is 4.58. The van der Waals surface area contributed by atoms with Crippen molar-refractivity contribution in [2.24, 2.45) is 11.3 Å². The molecule has 0 radical (unpaired) electrons. The summed E-state index contributed by atoms with van der Waals surface area (Å²) in [5.41, 5.74) is -0.642. The molecule has 124 valence electrons. The molecule has 1 aromatic rings. The number of thioether (sulfide) groups is 1. The van der Waals surface area contributed by atoms with Gasteiger partial charge in [0, 0.05) is 11.5 Å². The first-order valence-electron chi connectivity index (χ1n) is 7.01. The van der Waals surface area contributed by atoms with Crippen LogP contribution < -0.4 is 10.6 Å². The molecule has 0 aromatic carbocycles. The Morgan fingerprint density at radius 3 is 2.79 bits per heavy atom. The smallest absolute Gasteiger partial charge is 0.243 e. The molecule has 1 aliphatic heterocycles. The van der Waals surface area contributed by atoms with Gasteiger partial charge in [0.25, 0.3) is 0 Å². The normalized spacial score (nSPS) is 19.2. The van der Waals surface area contributed by atoms with Crippen LogP contribution in [0, 0.1) is 40.9 Å². The van der Waals surface area contributed by atoms with E-state index in [2.05, 4.69) is 15.8 Å². The van der Waals surface area contributed by atoms with Crippen molar-refractivity contribution in [1.29, 1.82) is 10.5 Å². The third kappa shape index (κ3) is 3.42. The Labute approximate surface area is 142 Å². The van der Waals surface area contributed by atoms with Gasteiger partial charge in [-0.1, -0.05) is 30.8 Å². The van der Waals surface area contributed by atoms with Crippen LogP contribution in [-0.2, 0) is 9.59 Å². The van der Waals surface area contributed by atoms with E-state index in [1.54, 1.807) is 26.8 Å². The van der Waals surface area contributed by atoms with Crippen LogP contribution in [0.2, 0.25) is 0 Å². The number of rotatable bonds is 4. The Bertz CT molecular complexity index is 797. The van der Waals surface area contributed by atoms with Crippen LogP contribution in [0.5, 0.6) is 0 Å². The summed E-state index contributed by atoms with van der Waals surface area (Å²) in [6.07, 6.45) is 0. The zero-order valence-corrected chi connectivity index (χ0v) is 14.2. The molecule has 8 nitrogen and oxygen atoms in total. The van der Waals surface area contributed by atoms with Crippen LogP contribution in [0.1, 0.15) is 19.6 Å². The van der Waals surface area contributed by atoms with Crippen LogP contribution in [0.4, 0.5) is 5.82 Å². The zero-order valence-electron chi connectivity index (χ0n) is 13.3. The van der Waals surface area contributed by atoms with Gasteiger partial charge in [-0.2, -0.15) is 10.5 Å². The molecule has 0 fully saturated rings. The highest BCUT2D eigenvalue weighted by Gasteiger charge is 2.44. The van der Waals surface area contributed by atoms with E-state index in [1.807, 2.05) is 12.1 Å². The quantitative estimate of drug-likeness (QED) is 0.848. The SMILES string of the molecule is Cc1cc(NC(=O)CSC2=C(C#N)C(C)(C)[C@H](C#N)C(=O)N2)no1. The summed E-state index contributed by atoms with van der Waals surface area (Å²) < 4.78 is 4.85. The molecule has 24 heavy (non-hydrogen) atoms. The summed E-state index contributed by atoms with van der Waals surface area (Å²) >= 11 is 1.03. The van der Waals surface area contributed by atoms with Crippen molar-refractivity contribution in [3.63, 3.8) is 0 Å². The number of anilines is 1. The Kier molecular flexibility index (Phi) is 4.96. The molecule has 9 heteroatoms. The lowest BCUT2D eigenvalue weighted by Gasteiger charge is -2.34. The molecular weight excluding hydrogens is 330 g/mol. The molecule has 0 spiro atoms. The van der Waals surface area contributed by atoms with Gasteiger partial charge in [-0.25, -0.2) is 0 Å². The molecule has 2 amide bonds. The molecular formula is C15H15N5O3S. The standard InChI is InChI=1S/C15H15N5O3S/c1-8-4-11(20-23-8)18-12(21)7-24-14-10(6-17)15(2,3)9(5-16)13(22)19-14/h4,9H,7H2,1-3H3,(H,19,22)(H,18,20,21)/t9-/m1/s1. The van der Waals surface area contributed by atoms with Gasteiger partial charge in [0.2, 0.25) is 11.8 Å². The highest BCUT2D eigenvalue weighted by atomic mass is 32.2. The largest absolute Gasteiger partial charge is 0.360 e. The predicted molar refractivity (Wildman–Crippen MR) is 86.0 cm³/mol. The number of nitrogens with zero attached hydrogens (tertiary/aromatic N) is 3. The van der Waals surface area contributed by atoms with Crippen LogP contribution in [0.3, 0.4) is 0 Å². The second-order valence-electron chi connectivity index (χ2n) is 5.75. The maximum absolute atomic E-state index is 12.0. The highest BCUT2D eigenvalue weighted by Crippen LogP contribution is 2.41. The number of nitriles is 2. The molecule has 0 bridgehead atoms. The summed E-state index contributed by atoms with van der Waals surface area (Å²) in [6, 6.07) is 5.54. The molecule has 0 saturated heterocycles. The van der Waals surface area contributed by atoms with Crippen molar-refractivity contribution in [3.05, 3.63) is 22.4 Å². The number of hydrogen-bond acceptors (Lipinski definition) is 7. The monoisotopic (exact) mass is 345 g/mol. The first-order valence-corrected chi connectivity index (χ1v) is 7.99. The summed E-state index contributed by atoms with van der Waals surface area (Å²) in [5.74, 6) is -0.950. The third-order valence-electron chi connectivity index (χ3n) is 3.58. The maximum atomic E-state index is 12.0. The van der Waals surface area contributed by atoms with Crippen LogP contribution in [-0.4, -0.2) is 22.7 Å². The zero-order chi connectivity index (χ0) is 17.9. The molecule has 0 saturated carbocycles. The predicted octanol–water partition coefficient (Wildman–Crippen LogP) is 1.69. The van der Waals surface area contributed by atoms with Crippen molar-refractivity contribution in [2.75, 3.05) is 11.1 Å². The summed E-state index contributed by atoms with van der Waals surface area (Å²) in [7, 11) is 0. The Balaban J connectivity index is 2.11. The number of carbonyl (C=O) groups excluding carboxylic acids is 2. The summed E-state index contributed by atoms with van der Waals surface area (Å²) in [5, 5.41) is 27.6. The fourth-order valence-corrected chi connectivity index (χ4v) is 3.25. The van der Waals surface area contributed by atoms with Gasteiger partial charge in [-0.15, -0.1) is 0 Å². The molecule has 0 unspecified atom stereocenters. The minimum absolute atomic E-state index is 0.0278. The van der Waals surface area contributed by atoms with Gasteiger partial charge in [0.05, 0.1) is 28.5 Å². The van der Waals surface area contributed by atoms with E-state index in [0.717, 1.165) is 11.8 Å². The number of allylic oxidation sites excluding steroid dienone is 1. The lowest BCUT2D eigenvalue weighted by molar-refractivity contribution is -0.125. The molecule has 1 aliphatic rings. The number of hydrogen-bond donors (Lipinski definition) is 2. The molecule has 0 aliphatic carbocycles. The van der Waals surface area contributed by atoms with E-state index < -0.39 is 17.2 Å². The first kappa shape index (κ1) is 17.6. The Morgan fingerprint density at radius 1 is 1.54 bits per heavy atom. The highest BCUT2D eigenvalue weighted by molar-refractivity contribution is 8.03. The molecule has 1 atom stereocenters. The van der Waals surface area contributed by atoms with Gasteiger partial charge in [0.15, 0.2) is 5.82 Å².